The lowest BCUT2D eigenvalue weighted by Crippen LogP contribution is -2.34. The molecule has 0 aromatic carbocycles. The van der Waals surface area contributed by atoms with E-state index in [2.05, 4.69) is 29.6 Å². The van der Waals surface area contributed by atoms with Crippen LogP contribution in [0.5, 0.6) is 0 Å². The van der Waals surface area contributed by atoms with E-state index in [1.807, 2.05) is 6.92 Å². The lowest BCUT2D eigenvalue weighted by molar-refractivity contribution is 0.555. The Morgan fingerprint density at radius 2 is 2.22 bits per heavy atom. The van der Waals surface area contributed by atoms with Gasteiger partial charge < -0.3 is 9.47 Å². The van der Waals surface area contributed by atoms with Gasteiger partial charge in [-0.05, 0) is 0 Å². The molecule has 0 N–H and O–H groups in total. The van der Waals surface area contributed by atoms with Crippen molar-refractivity contribution < 1.29 is 0 Å². The Hall–Kier alpha value is -1.69. The van der Waals surface area contributed by atoms with E-state index >= 15 is 0 Å². The number of hydrogen-bond donors (Lipinski definition) is 0. The van der Waals surface area contributed by atoms with Crippen LogP contribution in [0, 0.1) is 0 Å². The highest BCUT2D eigenvalue weighted by molar-refractivity contribution is 6.29. The molecule has 2 aromatic heterocycles. The van der Waals surface area contributed by atoms with Gasteiger partial charge in [-0.25, -0.2) is 9.97 Å². The van der Waals surface area contributed by atoms with Crippen molar-refractivity contribution in [3.05, 3.63) is 29.2 Å². The second-order valence-electron chi connectivity index (χ2n) is 4.18. The SMILES string of the molecule is CCc1nc(Cl)cc(N2CCn3cnnc3C2)n1. The fourth-order valence-corrected chi connectivity index (χ4v) is 2.23. The Balaban J connectivity index is 1.90. The van der Waals surface area contributed by atoms with Crippen molar-refractivity contribution in [2.75, 3.05) is 11.4 Å². The van der Waals surface area contributed by atoms with Crippen molar-refractivity contribution >= 4 is 17.4 Å². The van der Waals surface area contributed by atoms with E-state index in [0.29, 0.717) is 11.7 Å². The Morgan fingerprint density at radius 3 is 3.06 bits per heavy atom. The third kappa shape index (κ3) is 2.03. The highest BCUT2D eigenvalue weighted by Crippen LogP contribution is 2.20. The average molecular weight is 265 g/mol. The fraction of sp³-hybridized carbons (Fsp3) is 0.455. The van der Waals surface area contributed by atoms with Gasteiger partial charge in [-0.2, -0.15) is 0 Å². The molecular formula is C11H13ClN6. The van der Waals surface area contributed by atoms with E-state index in [1.54, 1.807) is 12.4 Å². The number of anilines is 1. The second kappa shape index (κ2) is 4.53. The molecule has 2 aromatic rings. The summed E-state index contributed by atoms with van der Waals surface area (Å²) < 4.78 is 2.06. The Labute approximate surface area is 110 Å². The van der Waals surface area contributed by atoms with Crippen LogP contribution in [0.3, 0.4) is 0 Å². The maximum atomic E-state index is 6.02. The molecule has 6 nitrogen and oxygen atoms in total. The summed E-state index contributed by atoms with van der Waals surface area (Å²) >= 11 is 6.02. The first-order valence-corrected chi connectivity index (χ1v) is 6.29. The largest absolute Gasteiger partial charge is 0.347 e. The van der Waals surface area contributed by atoms with Crippen LogP contribution >= 0.6 is 11.6 Å². The Bertz CT molecular complexity index is 566. The van der Waals surface area contributed by atoms with Crippen molar-refractivity contribution in [1.29, 1.82) is 0 Å². The van der Waals surface area contributed by atoms with Gasteiger partial charge in [-0.1, -0.05) is 18.5 Å². The van der Waals surface area contributed by atoms with Gasteiger partial charge >= 0.3 is 0 Å². The second-order valence-corrected chi connectivity index (χ2v) is 4.57. The van der Waals surface area contributed by atoms with E-state index in [1.165, 1.54) is 0 Å². The average Bonchev–Trinajstić information content (AvgIpc) is 2.85. The maximum Gasteiger partial charge on any atom is 0.152 e. The first-order valence-electron chi connectivity index (χ1n) is 5.91. The predicted octanol–water partition coefficient (Wildman–Crippen LogP) is 1.30. The number of nitrogens with zero attached hydrogens (tertiary/aromatic N) is 6. The van der Waals surface area contributed by atoms with Crippen LogP contribution in [0.25, 0.3) is 0 Å². The number of halogens is 1. The molecule has 0 fully saturated rings. The summed E-state index contributed by atoms with van der Waals surface area (Å²) in [5, 5.41) is 8.49. The monoisotopic (exact) mass is 264 g/mol. The smallest absolute Gasteiger partial charge is 0.152 e. The van der Waals surface area contributed by atoms with Crippen molar-refractivity contribution in [2.45, 2.75) is 26.4 Å². The summed E-state index contributed by atoms with van der Waals surface area (Å²) in [4.78, 5) is 10.8. The molecule has 3 rings (SSSR count). The summed E-state index contributed by atoms with van der Waals surface area (Å²) in [5.41, 5.74) is 0. The summed E-state index contributed by atoms with van der Waals surface area (Å²) in [6.07, 6.45) is 2.54. The highest BCUT2D eigenvalue weighted by atomic mass is 35.5. The number of rotatable bonds is 2. The number of fused-ring (bicyclic) bond motifs is 1. The molecule has 94 valence electrons. The molecule has 0 aliphatic carbocycles. The number of aromatic nitrogens is 5. The minimum atomic E-state index is 0.490. The molecular weight excluding hydrogens is 252 g/mol. The molecule has 0 saturated heterocycles. The van der Waals surface area contributed by atoms with E-state index in [9.17, 15) is 0 Å². The molecule has 0 bridgehead atoms. The van der Waals surface area contributed by atoms with Gasteiger partial charge in [0.15, 0.2) is 5.82 Å². The van der Waals surface area contributed by atoms with Gasteiger partial charge in [0.2, 0.25) is 0 Å². The van der Waals surface area contributed by atoms with Crippen molar-refractivity contribution in [2.24, 2.45) is 0 Å². The minimum Gasteiger partial charge on any atom is -0.347 e. The molecule has 3 heterocycles. The molecule has 0 spiro atoms. The zero-order valence-corrected chi connectivity index (χ0v) is 10.8. The van der Waals surface area contributed by atoms with Gasteiger partial charge in [-0.15, -0.1) is 10.2 Å². The van der Waals surface area contributed by atoms with Gasteiger partial charge in [-0.3, -0.25) is 0 Å². The highest BCUT2D eigenvalue weighted by Gasteiger charge is 2.19. The van der Waals surface area contributed by atoms with E-state index < -0.39 is 0 Å². The van der Waals surface area contributed by atoms with Crippen molar-refractivity contribution in [1.82, 2.24) is 24.7 Å². The fourth-order valence-electron chi connectivity index (χ4n) is 2.03. The predicted molar refractivity (Wildman–Crippen MR) is 67.5 cm³/mol. The van der Waals surface area contributed by atoms with Gasteiger partial charge in [0.1, 0.15) is 23.1 Å². The quantitative estimate of drug-likeness (QED) is 0.766. The molecule has 0 unspecified atom stereocenters. The van der Waals surface area contributed by atoms with Gasteiger partial charge in [0, 0.05) is 25.6 Å². The Morgan fingerprint density at radius 1 is 1.33 bits per heavy atom. The zero-order chi connectivity index (χ0) is 12.5. The topological polar surface area (TPSA) is 59.7 Å². The van der Waals surface area contributed by atoms with E-state index in [-0.39, 0.29) is 0 Å². The lowest BCUT2D eigenvalue weighted by Gasteiger charge is -2.28. The molecule has 1 aliphatic rings. The van der Waals surface area contributed by atoms with Crippen LogP contribution in [0.4, 0.5) is 5.82 Å². The summed E-state index contributed by atoms with van der Waals surface area (Å²) in [6.45, 7) is 4.46. The first-order chi connectivity index (χ1) is 8.76. The molecule has 0 atom stereocenters. The maximum absolute atomic E-state index is 6.02. The number of hydrogen-bond acceptors (Lipinski definition) is 5. The first kappa shape index (κ1) is 11.4. The summed E-state index contributed by atoms with van der Waals surface area (Å²) in [6, 6.07) is 1.80. The third-order valence-electron chi connectivity index (χ3n) is 3.01. The molecule has 7 heteroatoms. The van der Waals surface area contributed by atoms with Gasteiger partial charge in [0.25, 0.3) is 0 Å². The molecule has 1 aliphatic heterocycles. The minimum absolute atomic E-state index is 0.490. The molecule has 0 radical (unpaired) electrons. The van der Waals surface area contributed by atoms with Crippen LogP contribution in [-0.2, 0) is 19.5 Å². The van der Waals surface area contributed by atoms with Crippen molar-refractivity contribution in [3.63, 3.8) is 0 Å². The molecule has 0 saturated carbocycles. The van der Waals surface area contributed by atoms with Crippen LogP contribution in [-0.4, -0.2) is 31.3 Å². The molecule has 0 amide bonds. The number of aryl methyl sites for hydroxylation is 1. The standard InChI is InChI=1S/C11H13ClN6/c1-2-9-14-8(12)5-10(15-9)17-3-4-18-7-13-16-11(18)6-17/h5,7H,2-4,6H2,1H3. The third-order valence-corrected chi connectivity index (χ3v) is 3.20. The van der Waals surface area contributed by atoms with E-state index in [4.69, 9.17) is 11.6 Å². The summed E-state index contributed by atoms with van der Waals surface area (Å²) in [7, 11) is 0. The normalized spacial score (nSPS) is 14.7. The van der Waals surface area contributed by atoms with E-state index in [0.717, 1.165) is 37.0 Å². The lowest BCUT2D eigenvalue weighted by atomic mass is 10.3. The van der Waals surface area contributed by atoms with Crippen LogP contribution < -0.4 is 4.90 Å². The van der Waals surface area contributed by atoms with Crippen LogP contribution in [0.1, 0.15) is 18.6 Å². The molecule has 18 heavy (non-hydrogen) atoms. The van der Waals surface area contributed by atoms with Crippen LogP contribution in [0.15, 0.2) is 12.4 Å². The van der Waals surface area contributed by atoms with Crippen LogP contribution in [0.2, 0.25) is 5.15 Å². The zero-order valence-electron chi connectivity index (χ0n) is 10.0. The summed E-state index contributed by atoms with van der Waals surface area (Å²) in [5.74, 6) is 2.58. The van der Waals surface area contributed by atoms with Crippen molar-refractivity contribution in [3.8, 4) is 0 Å². The van der Waals surface area contributed by atoms with Gasteiger partial charge in [0.05, 0.1) is 6.54 Å². The Kier molecular flexibility index (Phi) is 2.87.